The fourth-order valence-corrected chi connectivity index (χ4v) is 2.88. The fraction of sp³-hybridized carbons (Fsp3) is 0.235. The number of fused-ring (bicyclic) bond motifs is 1. The van der Waals surface area contributed by atoms with Crippen LogP contribution in [-0.2, 0) is 13.0 Å². The van der Waals surface area contributed by atoms with Gasteiger partial charge < -0.3 is 4.90 Å². The summed E-state index contributed by atoms with van der Waals surface area (Å²) in [5, 5.41) is 11.3. The van der Waals surface area contributed by atoms with Crippen molar-refractivity contribution in [3.63, 3.8) is 0 Å². The Morgan fingerprint density at radius 2 is 2.00 bits per heavy atom. The minimum Gasteiger partial charge on any atom is -0.361 e. The van der Waals surface area contributed by atoms with Crippen LogP contribution in [0.15, 0.2) is 36.4 Å². The number of halogens is 1. The zero-order chi connectivity index (χ0) is 16.6. The molecule has 0 aliphatic carbocycles. The Balaban J connectivity index is 1.98. The van der Waals surface area contributed by atoms with Crippen LogP contribution in [-0.4, -0.2) is 17.3 Å². The molecule has 0 amide bonds. The third-order valence-electron chi connectivity index (χ3n) is 4.10. The Hall–Kier alpha value is -2.76. The molecule has 5 nitrogen and oxygen atoms in total. The van der Waals surface area contributed by atoms with Gasteiger partial charge in [-0.1, -0.05) is 6.07 Å². The number of nitrogens with zero attached hydrogens (tertiary/aromatic N) is 2. The number of carbonyl (C=O) groups is 1. The minimum atomic E-state index is -0.470. The summed E-state index contributed by atoms with van der Waals surface area (Å²) in [7, 11) is 0. The maximum absolute atomic E-state index is 13.3. The molecule has 1 aliphatic rings. The van der Waals surface area contributed by atoms with E-state index in [0.29, 0.717) is 30.8 Å². The number of hydrogen-bond donors (Lipinski definition) is 0. The predicted molar refractivity (Wildman–Crippen MR) is 84.3 cm³/mol. The van der Waals surface area contributed by atoms with Crippen LogP contribution in [0.2, 0.25) is 0 Å². The summed E-state index contributed by atoms with van der Waals surface area (Å²) < 4.78 is 13.3. The molecule has 0 spiro atoms. The predicted octanol–water partition coefficient (Wildman–Crippen LogP) is 3.50. The van der Waals surface area contributed by atoms with E-state index in [2.05, 4.69) is 0 Å². The third-order valence-corrected chi connectivity index (χ3v) is 4.10. The molecule has 3 rings (SSSR count). The molecule has 0 bridgehead atoms. The normalized spacial score (nSPS) is 13.6. The lowest BCUT2D eigenvalue weighted by molar-refractivity contribution is -0.384. The van der Waals surface area contributed by atoms with Crippen LogP contribution in [0.5, 0.6) is 0 Å². The molecule has 6 heteroatoms. The lowest BCUT2D eigenvalue weighted by Crippen LogP contribution is -2.31. The Morgan fingerprint density at radius 1 is 1.22 bits per heavy atom. The van der Waals surface area contributed by atoms with Gasteiger partial charge in [-0.2, -0.15) is 0 Å². The first-order valence-electron chi connectivity index (χ1n) is 7.27. The average Bonchev–Trinajstić information content (AvgIpc) is 2.53. The largest absolute Gasteiger partial charge is 0.361 e. The van der Waals surface area contributed by atoms with Crippen molar-refractivity contribution in [1.29, 1.82) is 0 Å². The highest BCUT2D eigenvalue weighted by Gasteiger charge is 2.24. The molecular formula is C17H15FN2O3. The topological polar surface area (TPSA) is 63.5 Å². The van der Waals surface area contributed by atoms with E-state index in [9.17, 15) is 19.3 Å². The number of nitro benzene ring substituents is 1. The van der Waals surface area contributed by atoms with Gasteiger partial charge in [0.25, 0.3) is 5.69 Å². The summed E-state index contributed by atoms with van der Waals surface area (Å²) >= 11 is 0. The van der Waals surface area contributed by atoms with Crippen molar-refractivity contribution in [3.05, 3.63) is 69.0 Å². The summed E-state index contributed by atoms with van der Waals surface area (Å²) in [6.45, 7) is 2.43. The van der Waals surface area contributed by atoms with E-state index in [4.69, 9.17) is 0 Å². The summed E-state index contributed by atoms with van der Waals surface area (Å²) in [4.78, 5) is 24.2. The van der Waals surface area contributed by atoms with Crippen LogP contribution in [0.25, 0.3) is 0 Å². The van der Waals surface area contributed by atoms with Crippen LogP contribution in [0.4, 0.5) is 15.8 Å². The van der Waals surface area contributed by atoms with Crippen molar-refractivity contribution in [3.8, 4) is 0 Å². The monoisotopic (exact) mass is 314 g/mol. The molecule has 0 aromatic heterocycles. The van der Waals surface area contributed by atoms with Gasteiger partial charge in [-0.05, 0) is 48.7 Å². The van der Waals surface area contributed by atoms with Crippen LogP contribution in [0.1, 0.15) is 28.4 Å². The van der Waals surface area contributed by atoms with Crippen LogP contribution >= 0.6 is 0 Å². The number of nitro groups is 1. The fourth-order valence-electron chi connectivity index (χ4n) is 2.88. The Kier molecular flexibility index (Phi) is 3.82. The molecule has 2 aromatic carbocycles. The van der Waals surface area contributed by atoms with E-state index in [1.54, 1.807) is 18.2 Å². The highest BCUT2D eigenvalue weighted by atomic mass is 19.1. The molecule has 0 fully saturated rings. The number of Topliss-reactive ketones (excluding diaryl/α,β-unsaturated/α-hetero) is 1. The second kappa shape index (κ2) is 5.79. The van der Waals surface area contributed by atoms with E-state index in [0.717, 1.165) is 11.1 Å². The molecule has 23 heavy (non-hydrogen) atoms. The molecule has 0 saturated heterocycles. The quantitative estimate of drug-likeness (QED) is 0.494. The third kappa shape index (κ3) is 2.92. The zero-order valence-electron chi connectivity index (χ0n) is 12.6. The molecular weight excluding hydrogens is 299 g/mol. The molecule has 2 aromatic rings. The maximum atomic E-state index is 13.3. The van der Waals surface area contributed by atoms with Crippen molar-refractivity contribution in [1.82, 2.24) is 0 Å². The van der Waals surface area contributed by atoms with E-state index < -0.39 is 4.92 Å². The zero-order valence-corrected chi connectivity index (χ0v) is 12.6. The van der Waals surface area contributed by atoms with Crippen LogP contribution < -0.4 is 4.90 Å². The number of hydrogen-bond acceptors (Lipinski definition) is 4. The summed E-state index contributed by atoms with van der Waals surface area (Å²) in [5.74, 6) is -0.479. The molecule has 1 heterocycles. The molecule has 0 N–H and O–H groups in total. The SMILES string of the molecule is CC(=O)c1ccc(N2CCc3cc(F)ccc3C2)c([N+](=O)[O-])c1. The van der Waals surface area contributed by atoms with Crippen molar-refractivity contribution in [2.24, 2.45) is 0 Å². The highest BCUT2D eigenvalue weighted by molar-refractivity contribution is 5.95. The van der Waals surface area contributed by atoms with Crippen LogP contribution in [0.3, 0.4) is 0 Å². The molecule has 1 aliphatic heterocycles. The molecule has 0 atom stereocenters. The smallest absolute Gasteiger partial charge is 0.293 e. The van der Waals surface area contributed by atoms with Gasteiger partial charge in [0, 0.05) is 24.7 Å². The van der Waals surface area contributed by atoms with Crippen LogP contribution in [0, 0.1) is 15.9 Å². The lowest BCUT2D eigenvalue weighted by Gasteiger charge is -2.30. The van der Waals surface area contributed by atoms with Gasteiger partial charge in [0.15, 0.2) is 5.78 Å². The average molecular weight is 314 g/mol. The van der Waals surface area contributed by atoms with E-state index in [1.165, 1.54) is 25.1 Å². The van der Waals surface area contributed by atoms with E-state index in [1.807, 2.05) is 4.90 Å². The first-order valence-corrected chi connectivity index (χ1v) is 7.27. The van der Waals surface area contributed by atoms with Gasteiger partial charge in [0.2, 0.25) is 0 Å². The maximum Gasteiger partial charge on any atom is 0.293 e. The molecule has 0 radical (unpaired) electrons. The number of benzene rings is 2. The molecule has 0 saturated carbocycles. The number of anilines is 1. The van der Waals surface area contributed by atoms with Crippen molar-refractivity contribution in [2.45, 2.75) is 19.9 Å². The number of rotatable bonds is 3. The Labute approximate surface area is 132 Å². The van der Waals surface area contributed by atoms with Gasteiger partial charge in [0.1, 0.15) is 11.5 Å². The standard InChI is InChI=1S/C17H15FN2O3/c1-11(21)12-3-5-16(17(9-12)20(22)23)19-7-6-13-8-15(18)4-2-14(13)10-19/h2-5,8-9H,6-7,10H2,1H3. The molecule has 118 valence electrons. The van der Waals surface area contributed by atoms with Crippen molar-refractivity contribution >= 4 is 17.2 Å². The number of ketones is 1. The molecule has 0 unspecified atom stereocenters. The van der Waals surface area contributed by atoms with Crippen molar-refractivity contribution in [2.75, 3.05) is 11.4 Å². The van der Waals surface area contributed by atoms with Gasteiger partial charge >= 0.3 is 0 Å². The number of carbonyl (C=O) groups excluding carboxylic acids is 1. The summed E-state index contributed by atoms with van der Waals surface area (Å²) in [5.41, 5.74) is 2.62. The first-order chi connectivity index (χ1) is 11.0. The minimum absolute atomic E-state index is 0.0803. The lowest BCUT2D eigenvalue weighted by atomic mass is 9.98. The van der Waals surface area contributed by atoms with E-state index in [-0.39, 0.29) is 17.3 Å². The second-order valence-corrected chi connectivity index (χ2v) is 5.60. The van der Waals surface area contributed by atoms with Gasteiger partial charge in [0.05, 0.1) is 4.92 Å². The summed E-state index contributed by atoms with van der Waals surface area (Å²) in [6, 6.07) is 9.16. The highest BCUT2D eigenvalue weighted by Crippen LogP contribution is 2.33. The summed E-state index contributed by atoms with van der Waals surface area (Å²) in [6.07, 6.45) is 0.624. The van der Waals surface area contributed by atoms with Gasteiger partial charge in [-0.15, -0.1) is 0 Å². The van der Waals surface area contributed by atoms with Crippen molar-refractivity contribution < 1.29 is 14.1 Å². The van der Waals surface area contributed by atoms with Gasteiger partial charge in [-0.3, -0.25) is 14.9 Å². The Bertz CT molecular complexity index is 804. The van der Waals surface area contributed by atoms with Gasteiger partial charge in [-0.25, -0.2) is 4.39 Å². The first kappa shape index (κ1) is 15.1. The van der Waals surface area contributed by atoms with E-state index >= 15 is 0 Å². The second-order valence-electron chi connectivity index (χ2n) is 5.60. The Morgan fingerprint density at radius 3 is 2.70 bits per heavy atom.